The van der Waals surface area contributed by atoms with E-state index >= 15 is 0 Å². The Bertz CT molecular complexity index is 1560. The quantitative estimate of drug-likeness (QED) is 0.141. The molecule has 0 unspecified atom stereocenters. The number of nitrogens with zero attached hydrogens (tertiary/aromatic N) is 2. The number of carbonyl (C=O) groups excluding carboxylic acids is 1. The number of nitrogens with one attached hydrogen (secondary N) is 1. The number of hydrogen-bond donors (Lipinski definition) is 2. The van der Waals surface area contributed by atoms with Crippen LogP contribution < -0.4 is 14.4 Å². The number of benzene rings is 2. The number of nitro groups is 1. The molecule has 0 saturated carbocycles. The summed E-state index contributed by atoms with van der Waals surface area (Å²) in [5, 5.41) is 24.4. The lowest BCUT2D eigenvalue weighted by Gasteiger charge is -2.35. The number of anilines is 1. The SMILES string of the molecule is O=C=COc1c(C(=O)O)sc(-c2cccc(N(C3CCNCC3)S(=O)(=O)Cc3ccccc3[N+](=O)[O-])c2)c1Br. The number of halogens is 1. The van der Waals surface area contributed by atoms with Gasteiger partial charge in [0.1, 0.15) is 5.75 Å². The van der Waals surface area contributed by atoms with Crippen molar-refractivity contribution < 1.29 is 32.8 Å². The maximum atomic E-state index is 13.9. The van der Waals surface area contributed by atoms with Gasteiger partial charge in [-0.3, -0.25) is 14.4 Å². The van der Waals surface area contributed by atoms with E-state index in [-0.39, 0.29) is 26.4 Å². The Kier molecular flexibility index (Phi) is 8.83. The molecule has 2 heterocycles. The van der Waals surface area contributed by atoms with E-state index in [1.807, 2.05) is 0 Å². The third-order valence-electron chi connectivity index (χ3n) is 6.06. The van der Waals surface area contributed by atoms with Crippen LogP contribution in [0.2, 0.25) is 0 Å². The molecule has 2 N–H and O–H groups in total. The highest BCUT2D eigenvalue weighted by atomic mass is 79.9. The maximum absolute atomic E-state index is 13.9. The summed E-state index contributed by atoms with van der Waals surface area (Å²) < 4.78 is 34.6. The smallest absolute Gasteiger partial charge is 0.349 e. The number of carboxylic acid groups (broad SMARTS) is 1. The summed E-state index contributed by atoms with van der Waals surface area (Å²) in [4.78, 5) is 33.7. The molecule has 0 amide bonds. The van der Waals surface area contributed by atoms with Crippen LogP contribution in [0.5, 0.6) is 5.75 Å². The van der Waals surface area contributed by atoms with Crippen LogP contribution in [0.3, 0.4) is 0 Å². The topological polar surface area (TPSA) is 156 Å². The van der Waals surface area contributed by atoms with E-state index in [0.29, 0.717) is 48.3 Å². The Morgan fingerprint density at radius 1 is 1.26 bits per heavy atom. The molecule has 0 spiro atoms. The van der Waals surface area contributed by atoms with Crippen molar-refractivity contribution in [2.24, 2.45) is 0 Å². The number of para-hydroxylation sites is 1. The average Bonchev–Trinajstić information content (AvgIpc) is 3.24. The van der Waals surface area contributed by atoms with Gasteiger partial charge in [-0.1, -0.05) is 30.3 Å². The van der Waals surface area contributed by atoms with Gasteiger partial charge in [0.2, 0.25) is 10.0 Å². The lowest BCUT2D eigenvalue weighted by Crippen LogP contribution is -2.46. The van der Waals surface area contributed by atoms with Crippen LogP contribution in [-0.4, -0.2) is 49.5 Å². The number of carboxylic acids is 1. The van der Waals surface area contributed by atoms with E-state index in [1.165, 1.54) is 28.4 Å². The molecule has 14 heteroatoms. The first-order valence-electron chi connectivity index (χ1n) is 11.6. The molecule has 1 aromatic heterocycles. The van der Waals surface area contributed by atoms with E-state index in [4.69, 9.17) is 4.74 Å². The van der Waals surface area contributed by atoms with E-state index in [0.717, 1.165) is 11.3 Å². The second-order valence-corrected chi connectivity index (χ2v) is 12.2. The Morgan fingerprint density at radius 3 is 2.64 bits per heavy atom. The first kappa shape index (κ1) is 28.5. The molecule has 1 fully saturated rings. The van der Waals surface area contributed by atoms with Crippen molar-refractivity contribution in [3.8, 4) is 16.2 Å². The van der Waals surface area contributed by atoms with E-state index < -0.39 is 32.7 Å². The number of thiophene rings is 1. The Balaban J connectivity index is 1.80. The van der Waals surface area contributed by atoms with Gasteiger partial charge >= 0.3 is 5.97 Å². The molecule has 2 aromatic carbocycles. The monoisotopic (exact) mass is 635 g/mol. The largest absolute Gasteiger partial charge is 0.477 e. The highest BCUT2D eigenvalue weighted by molar-refractivity contribution is 9.10. The first-order chi connectivity index (χ1) is 18.6. The molecule has 11 nitrogen and oxygen atoms in total. The number of hydrogen-bond acceptors (Lipinski definition) is 9. The predicted octanol–water partition coefficient (Wildman–Crippen LogP) is 4.60. The summed E-state index contributed by atoms with van der Waals surface area (Å²) in [6.45, 7) is 1.20. The summed E-state index contributed by atoms with van der Waals surface area (Å²) in [6.07, 6.45) is 1.76. The fourth-order valence-corrected chi connectivity index (χ4v) is 8.14. The van der Waals surface area contributed by atoms with Gasteiger partial charge in [-0.15, -0.1) is 11.3 Å². The summed E-state index contributed by atoms with van der Waals surface area (Å²) >= 11 is 4.24. The normalized spacial score (nSPS) is 13.9. The Morgan fingerprint density at radius 2 is 1.97 bits per heavy atom. The number of nitro benzene ring substituents is 1. The predicted molar refractivity (Wildman–Crippen MR) is 149 cm³/mol. The van der Waals surface area contributed by atoms with E-state index in [2.05, 4.69) is 21.2 Å². The van der Waals surface area contributed by atoms with Crippen LogP contribution in [0.1, 0.15) is 28.1 Å². The summed E-state index contributed by atoms with van der Waals surface area (Å²) in [7, 11) is -4.10. The van der Waals surface area contributed by atoms with Gasteiger partial charge in [0.05, 0.1) is 20.0 Å². The minimum atomic E-state index is -4.10. The highest BCUT2D eigenvalue weighted by Crippen LogP contribution is 2.46. The van der Waals surface area contributed by atoms with Crippen molar-refractivity contribution in [2.45, 2.75) is 24.6 Å². The van der Waals surface area contributed by atoms with Gasteiger partial charge in [-0.25, -0.2) is 18.0 Å². The molecule has 39 heavy (non-hydrogen) atoms. The zero-order valence-electron chi connectivity index (χ0n) is 20.2. The van der Waals surface area contributed by atoms with Gasteiger partial charge in [0, 0.05) is 17.7 Å². The molecule has 0 atom stereocenters. The van der Waals surface area contributed by atoms with Gasteiger partial charge in [0.25, 0.3) is 5.69 Å². The van der Waals surface area contributed by atoms with Crippen LogP contribution in [0.4, 0.5) is 11.4 Å². The van der Waals surface area contributed by atoms with Crippen molar-refractivity contribution in [2.75, 3.05) is 17.4 Å². The first-order valence-corrected chi connectivity index (χ1v) is 14.8. The maximum Gasteiger partial charge on any atom is 0.349 e. The molecule has 0 radical (unpaired) electrons. The molecule has 1 saturated heterocycles. The zero-order chi connectivity index (χ0) is 28.2. The number of piperidine rings is 1. The molecule has 1 aliphatic heterocycles. The molecule has 0 aliphatic carbocycles. The highest BCUT2D eigenvalue weighted by Gasteiger charge is 2.34. The minimum Gasteiger partial charge on any atom is -0.477 e. The Hall–Kier alpha value is -3.55. The standard InChI is InChI=1S/C25H22BrN3O8S2/c26-21-22(37-13-12-30)24(25(31)32)38-23(21)16-5-3-6-19(14-16)28(18-8-10-27-11-9-18)39(35,36)15-17-4-1-2-7-20(17)29(33)34/h1-7,13-14,18,27H,8-11,15H2,(H,31,32). The van der Waals surface area contributed by atoms with Crippen molar-refractivity contribution in [1.82, 2.24) is 5.32 Å². The number of aromatic carboxylic acids is 1. The van der Waals surface area contributed by atoms with Gasteiger partial charge < -0.3 is 15.2 Å². The fraction of sp³-hybridized carbons (Fsp3) is 0.240. The van der Waals surface area contributed by atoms with Crippen molar-refractivity contribution in [1.29, 1.82) is 0 Å². The second kappa shape index (κ2) is 12.1. The lowest BCUT2D eigenvalue weighted by molar-refractivity contribution is -0.385. The van der Waals surface area contributed by atoms with E-state index in [9.17, 15) is 33.2 Å². The number of sulfonamides is 1. The molecule has 0 bridgehead atoms. The molecular formula is C25H22BrN3O8S2. The van der Waals surface area contributed by atoms with Crippen LogP contribution in [0, 0.1) is 10.1 Å². The van der Waals surface area contributed by atoms with Crippen LogP contribution in [-0.2, 0) is 20.6 Å². The summed E-state index contributed by atoms with van der Waals surface area (Å²) in [6, 6.07) is 11.9. The van der Waals surface area contributed by atoms with Gasteiger partial charge in [-0.05, 0) is 59.6 Å². The van der Waals surface area contributed by atoms with Gasteiger partial charge in [0.15, 0.2) is 22.8 Å². The Labute approximate surface area is 236 Å². The third kappa shape index (κ3) is 6.21. The zero-order valence-corrected chi connectivity index (χ0v) is 23.4. The van der Waals surface area contributed by atoms with Crippen LogP contribution in [0.15, 0.2) is 59.3 Å². The average molecular weight is 637 g/mol. The van der Waals surface area contributed by atoms with Crippen molar-refractivity contribution in [3.05, 3.63) is 79.8 Å². The molecule has 1 aliphatic rings. The molecule has 204 valence electrons. The minimum absolute atomic E-state index is 0.0736. The number of carbonyl (C=O) groups is 1. The molecular weight excluding hydrogens is 614 g/mol. The molecule has 4 rings (SSSR count). The number of rotatable bonds is 10. The van der Waals surface area contributed by atoms with Crippen LogP contribution in [0.25, 0.3) is 10.4 Å². The fourth-order valence-electron chi connectivity index (χ4n) is 4.41. The second-order valence-electron chi connectivity index (χ2n) is 8.53. The summed E-state index contributed by atoms with van der Waals surface area (Å²) in [5.41, 5.74) is 0.650. The van der Waals surface area contributed by atoms with Crippen molar-refractivity contribution in [3.63, 3.8) is 0 Å². The number of ether oxygens (including phenoxy) is 1. The van der Waals surface area contributed by atoms with Crippen LogP contribution >= 0.6 is 27.3 Å². The van der Waals surface area contributed by atoms with E-state index in [1.54, 1.807) is 30.3 Å². The van der Waals surface area contributed by atoms with Crippen molar-refractivity contribution >= 4 is 60.6 Å². The molecule has 3 aromatic rings. The third-order valence-corrected chi connectivity index (χ3v) is 10.1. The summed E-state index contributed by atoms with van der Waals surface area (Å²) in [5.74, 6) is -0.467. The lowest BCUT2D eigenvalue weighted by atomic mass is 10.1. The van der Waals surface area contributed by atoms with Gasteiger partial charge in [-0.2, -0.15) is 0 Å².